The van der Waals surface area contributed by atoms with Gasteiger partial charge in [-0.05, 0) is 39.8 Å². The molecular weight excluding hydrogens is 268 g/mol. The summed E-state index contributed by atoms with van der Waals surface area (Å²) in [5.41, 5.74) is 1.60. The maximum Gasteiger partial charge on any atom is 0.410 e. The van der Waals surface area contributed by atoms with Crippen LogP contribution in [0.25, 0.3) is 0 Å². The second-order valence-electron chi connectivity index (χ2n) is 6.57. The number of hydrogen-bond acceptors (Lipinski definition) is 4. The van der Waals surface area contributed by atoms with E-state index in [2.05, 4.69) is 5.32 Å². The van der Waals surface area contributed by atoms with Gasteiger partial charge in [-0.1, -0.05) is 17.7 Å². The molecule has 21 heavy (non-hydrogen) atoms. The number of aliphatic hydroxyl groups is 1. The SMILES string of the molecule is Cc1ccc(N[C@@H]2CN(C(=O)OC(C)(C)C)C[C@H]2O)cc1. The van der Waals surface area contributed by atoms with Gasteiger partial charge in [-0.2, -0.15) is 0 Å². The highest BCUT2D eigenvalue weighted by molar-refractivity contribution is 5.69. The molecule has 0 bridgehead atoms. The Balaban J connectivity index is 1.94. The van der Waals surface area contributed by atoms with Gasteiger partial charge in [0.1, 0.15) is 5.60 Å². The van der Waals surface area contributed by atoms with Crippen LogP contribution in [0.15, 0.2) is 24.3 Å². The molecule has 2 rings (SSSR count). The van der Waals surface area contributed by atoms with Crippen molar-refractivity contribution in [3.05, 3.63) is 29.8 Å². The van der Waals surface area contributed by atoms with Crippen molar-refractivity contribution in [1.29, 1.82) is 0 Å². The summed E-state index contributed by atoms with van der Waals surface area (Å²) in [7, 11) is 0. The van der Waals surface area contributed by atoms with Gasteiger partial charge in [-0.3, -0.25) is 0 Å². The Morgan fingerprint density at radius 2 is 1.90 bits per heavy atom. The number of ether oxygens (including phenoxy) is 1. The normalized spacial score (nSPS) is 22.2. The van der Waals surface area contributed by atoms with E-state index in [9.17, 15) is 9.90 Å². The third-order valence-electron chi connectivity index (χ3n) is 3.34. The lowest BCUT2D eigenvalue weighted by molar-refractivity contribution is 0.0270. The van der Waals surface area contributed by atoms with E-state index in [1.165, 1.54) is 5.56 Å². The van der Waals surface area contributed by atoms with Crippen molar-refractivity contribution in [1.82, 2.24) is 4.90 Å². The minimum absolute atomic E-state index is 0.180. The van der Waals surface area contributed by atoms with Crippen molar-refractivity contribution in [2.45, 2.75) is 45.4 Å². The first-order valence-electron chi connectivity index (χ1n) is 7.24. The quantitative estimate of drug-likeness (QED) is 0.878. The molecule has 0 aromatic heterocycles. The molecule has 0 aliphatic carbocycles. The van der Waals surface area contributed by atoms with Gasteiger partial charge in [0, 0.05) is 12.2 Å². The van der Waals surface area contributed by atoms with Crippen molar-refractivity contribution in [2.75, 3.05) is 18.4 Å². The van der Waals surface area contributed by atoms with Crippen LogP contribution in [0.1, 0.15) is 26.3 Å². The molecule has 0 spiro atoms. The van der Waals surface area contributed by atoms with Crippen LogP contribution in [-0.2, 0) is 4.74 Å². The van der Waals surface area contributed by atoms with Crippen molar-refractivity contribution < 1.29 is 14.6 Å². The number of aryl methyl sites for hydroxylation is 1. The molecule has 1 aromatic carbocycles. The minimum Gasteiger partial charge on any atom is -0.444 e. The molecule has 1 fully saturated rings. The number of likely N-dealkylation sites (tertiary alicyclic amines) is 1. The van der Waals surface area contributed by atoms with Crippen LogP contribution in [0.2, 0.25) is 0 Å². The van der Waals surface area contributed by atoms with E-state index >= 15 is 0 Å². The van der Waals surface area contributed by atoms with Gasteiger partial charge in [0.05, 0.1) is 18.7 Å². The number of hydrogen-bond donors (Lipinski definition) is 2. The smallest absolute Gasteiger partial charge is 0.410 e. The minimum atomic E-state index is -0.598. The van der Waals surface area contributed by atoms with Crippen LogP contribution < -0.4 is 5.32 Å². The summed E-state index contributed by atoms with van der Waals surface area (Å²) in [4.78, 5) is 13.6. The number of nitrogens with one attached hydrogen (secondary N) is 1. The number of amides is 1. The Morgan fingerprint density at radius 1 is 1.29 bits per heavy atom. The molecule has 5 heteroatoms. The Morgan fingerprint density at radius 3 is 2.48 bits per heavy atom. The summed E-state index contributed by atoms with van der Waals surface area (Å²) in [6, 6.07) is 7.78. The van der Waals surface area contributed by atoms with Gasteiger partial charge >= 0.3 is 6.09 Å². The number of β-amino-alcohol motifs (C(OH)–C–C–N with tert-alkyl or cyclic N) is 1. The molecule has 2 N–H and O–H groups in total. The van der Waals surface area contributed by atoms with E-state index in [0.29, 0.717) is 13.1 Å². The maximum absolute atomic E-state index is 12.0. The predicted molar refractivity (Wildman–Crippen MR) is 82.4 cm³/mol. The van der Waals surface area contributed by atoms with Gasteiger partial charge in [-0.25, -0.2) is 4.79 Å². The Labute approximate surface area is 125 Å². The average Bonchev–Trinajstić information content (AvgIpc) is 2.72. The molecule has 1 aliphatic rings. The summed E-state index contributed by atoms with van der Waals surface area (Å²) < 4.78 is 5.33. The summed E-state index contributed by atoms with van der Waals surface area (Å²) in [5, 5.41) is 13.4. The lowest BCUT2D eigenvalue weighted by Gasteiger charge is -2.24. The molecule has 0 unspecified atom stereocenters. The molecule has 0 radical (unpaired) electrons. The summed E-state index contributed by atoms with van der Waals surface area (Å²) in [6.45, 7) is 8.25. The molecule has 2 atom stereocenters. The first-order chi connectivity index (χ1) is 9.74. The zero-order chi connectivity index (χ0) is 15.6. The number of carbonyl (C=O) groups is 1. The van der Waals surface area contributed by atoms with Crippen LogP contribution in [0.3, 0.4) is 0 Å². The molecule has 1 amide bonds. The monoisotopic (exact) mass is 292 g/mol. The fraction of sp³-hybridized carbons (Fsp3) is 0.562. The van der Waals surface area contributed by atoms with Gasteiger partial charge in [0.25, 0.3) is 0 Å². The maximum atomic E-state index is 12.0. The lowest BCUT2D eigenvalue weighted by atomic mass is 10.2. The molecule has 1 saturated heterocycles. The number of carbonyl (C=O) groups excluding carboxylic acids is 1. The molecule has 1 heterocycles. The zero-order valence-electron chi connectivity index (χ0n) is 13.1. The van der Waals surface area contributed by atoms with E-state index in [0.717, 1.165) is 5.69 Å². The average molecular weight is 292 g/mol. The van der Waals surface area contributed by atoms with E-state index in [-0.39, 0.29) is 12.1 Å². The molecule has 1 aliphatic heterocycles. The number of anilines is 1. The molecule has 0 saturated carbocycles. The molecular formula is C16H24N2O3. The van der Waals surface area contributed by atoms with E-state index in [1.54, 1.807) is 4.90 Å². The predicted octanol–water partition coefficient (Wildman–Crippen LogP) is 2.39. The van der Waals surface area contributed by atoms with E-state index in [1.807, 2.05) is 52.0 Å². The second-order valence-corrected chi connectivity index (χ2v) is 6.57. The standard InChI is InChI=1S/C16H24N2O3/c1-11-5-7-12(8-6-11)17-13-9-18(10-14(13)19)15(20)21-16(2,3)4/h5-8,13-14,17,19H,9-10H2,1-4H3/t13-,14-/m1/s1. The van der Waals surface area contributed by atoms with E-state index < -0.39 is 11.7 Å². The Kier molecular flexibility index (Phi) is 4.42. The van der Waals surface area contributed by atoms with E-state index in [4.69, 9.17) is 4.74 Å². The van der Waals surface area contributed by atoms with Crippen LogP contribution in [0.5, 0.6) is 0 Å². The first kappa shape index (κ1) is 15.6. The van der Waals surface area contributed by atoms with Gasteiger partial charge in [0.15, 0.2) is 0 Å². The van der Waals surface area contributed by atoms with Crippen molar-refractivity contribution in [3.63, 3.8) is 0 Å². The molecule has 5 nitrogen and oxygen atoms in total. The highest BCUT2D eigenvalue weighted by Crippen LogP contribution is 2.19. The summed E-state index contributed by atoms with van der Waals surface area (Å²) in [5.74, 6) is 0. The van der Waals surface area contributed by atoms with Crippen LogP contribution >= 0.6 is 0 Å². The Bertz CT molecular complexity index is 493. The van der Waals surface area contributed by atoms with Gasteiger partial charge in [-0.15, -0.1) is 0 Å². The van der Waals surface area contributed by atoms with Crippen LogP contribution in [0, 0.1) is 6.92 Å². The highest BCUT2D eigenvalue weighted by atomic mass is 16.6. The Hall–Kier alpha value is -1.75. The number of aliphatic hydroxyl groups excluding tert-OH is 1. The number of benzene rings is 1. The summed E-state index contributed by atoms with van der Waals surface area (Å²) >= 11 is 0. The zero-order valence-corrected chi connectivity index (χ0v) is 13.1. The highest BCUT2D eigenvalue weighted by Gasteiger charge is 2.36. The number of rotatable bonds is 2. The van der Waals surface area contributed by atoms with Crippen LogP contribution in [-0.4, -0.2) is 46.9 Å². The molecule has 116 valence electrons. The van der Waals surface area contributed by atoms with Crippen molar-refractivity contribution >= 4 is 11.8 Å². The van der Waals surface area contributed by atoms with Crippen molar-refractivity contribution in [3.8, 4) is 0 Å². The van der Waals surface area contributed by atoms with Gasteiger partial charge < -0.3 is 20.1 Å². The van der Waals surface area contributed by atoms with Crippen LogP contribution in [0.4, 0.5) is 10.5 Å². The fourth-order valence-corrected chi connectivity index (χ4v) is 2.27. The second kappa shape index (κ2) is 5.93. The fourth-order valence-electron chi connectivity index (χ4n) is 2.27. The topological polar surface area (TPSA) is 61.8 Å². The van der Waals surface area contributed by atoms with Gasteiger partial charge in [0.2, 0.25) is 0 Å². The third kappa shape index (κ3) is 4.36. The van der Waals surface area contributed by atoms with Crippen molar-refractivity contribution in [2.24, 2.45) is 0 Å². The summed E-state index contributed by atoms with van der Waals surface area (Å²) in [6.07, 6.45) is -0.978. The molecule has 1 aromatic rings. The largest absolute Gasteiger partial charge is 0.444 e. The third-order valence-corrected chi connectivity index (χ3v) is 3.34. The number of nitrogens with zero attached hydrogens (tertiary/aromatic N) is 1. The lowest BCUT2D eigenvalue weighted by Crippen LogP contribution is -2.36. The first-order valence-corrected chi connectivity index (χ1v) is 7.24.